The molecule has 0 spiro atoms. The molecule has 1 aliphatic carbocycles. The number of likely N-dealkylation sites (tertiary alicyclic amines) is 1. The number of ether oxygens (including phenoxy) is 1. The number of carbonyl (C=O) groups is 1. The first-order valence-electron chi connectivity index (χ1n) is 13.2. The number of hydrogen-bond acceptors (Lipinski definition) is 6. The van der Waals surface area contributed by atoms with Crippen molar-refractivity contribution in [2.24, 2.45) is 0 Å². The lowest BCUT2D eigenvalue weighted by molar-refractivity contribution is -0.127. The fourth-order valence-corrected chi connectivity index (χ4v) is 5.09. The van der Waals surface area contributed by atoms with Gasteiger partial charge in [0.1, 0.15) is 17.7 Å². The lowest BCUT2D eigenvalue weighted by atomic mass is 9.92. The van der Waals surface area contributed by atoms with Crippen LogP contribution in [-0.4, -0.2) is 46.7 Å². The van der Waals surface area contributed by atoms with Crippen LogP contribution in [0.2, 0.25) is 0 Å². The first kappa shape index (κ1) is 26.0. The first-order valence-corrected chi connectivity index (χ1v) is 13.2. The van der Waals surface area contributed by atoms with Crippen LogP contribution in [0, 0.1) is 5.41 Å². The number of aromatic nitrogens is 1. The molecule has 1 aromatic heterocycles. The number of para-hydroxylation sites is 1. The van der Waals surface area contributed by atoms with E-state index in [0.717, 1.165) is 41.0 Å². The van der Waals surface area contributed by atoms with E-state index in [4.69, 9.17) is 10.5 Å². The molecule has 39 heavy (non-hydrogen) atoms. The zero-order chi connectivity index (χ0) is 27.2. The third-order valence-electron chi connectivity index (χ3n) is 7.08. The number of rotatable bonds is 8. The second-order valence-electron chi connectivity index (χ2n) is 9.74. The largest absolute Gasteiger partial charge is 0.486 e. The summed E-state index contributed by atoms with van der Waals surface area (Å²) in [4.78, 5) is 18.6. The first-order chi connectivity index (χ1) is 19.0. The molecule has 1 saturated heterocycles. The molecule has 1 fully saturated rings. The molecule has 2 aromatic carbocycles. The van der Waals surface area contributed by atoms with Crippen LogP contribution in [0.4, 0.5) is 11.5 Å². The van der Waals surface area contributed by atoms with Gasteiger partial charge in [-0.3, -0.25) is 10.2 Å². The summed E-state index contributed by atoms with van der Waals surface area (Å²) < 4.78 is 6.06. The fraction of sp³-hybridized carbons (Fsp3) is 0.219. The molecule has 7 nitrogen and oxygen atoms in total. The Hall–Kier alpha value is -4.65. The van der Waals surface area contributed by atoms with Gasteiger partial charge in [0, 0.05) is 37.3 Å². The number of allylic oxidation sites excluding steroid dienone is 2. The molecule has 2 atom stereocenters. The minimum Gasteiger partial charge on any atom is -0.486 e. The maximum atomic E-state index is 12.3. The molecule has 2 aliphatic rings. The maximum absolute atomic E-state index is 12.3. The van der Waals surface area contributed by atoms with Gasteiger partial charge in [0.2, 0.25) is 5.91 Å². The van der Waals surface area contributed by atoms with Crippen molar-refractivity contribution in [1.29, 1.82) is 5.41 Å². The van der Waals surface area contributed by atoms with E-state index in [2.05, 4.69) is 16.9 Å². The molecule has 2 unspecified atom stereocenters. The van der Waals surface area contributed by atoms with E-state index in [0.29, 0.717) is 30.8 Å². The van der Waals surface area contributed by atoms with Crippen molar-refractivity contribution >= 4 is 23.1 Å². The summed E-state index contributed by atoms with van der Waals surface area (Å²) in [6.07, 6.45) is 11.3. The Morgan fingerprint density at radius 2 is 1.90 bits per heavy atom. The van der Waals surface area contributed by atoms with Crippen molar-refractivity contribution in [1.82, 2.24) is 9.88 Å². The van der Waals surface area contributed by atoms with E-state index in [1.54, 1.807) is 6.20 Å². The quantitative estimate of drug-likeness (QED) is 0.265. The predicted molar refractivity (Wildman–Crippen MR) is 157 cm³/mol. The van der Waals surface area contributed by atoms with E-state index in [9.17, 15) is 10.2 Å². The summed E-state index contributed by atoms with van der Waals surface area (Å²) >= 11 is 0. The number of hydrogen-bond donors (Lipinski definition) is 3. The van der Waals surface area contributed by atoms with Crippen LogP contribution in [0.5, 0.6) is 5.75 Å². The van der Waals surface area contributed by atoms with Crippen LogP contribution >= 0.6 is 0 Å². The average Bonchev–Trinajstić information content (AvgIpc) is 2.98. The highest BCUT2D eigenvalue weighted by molar-refractivity contribution is 6.19. The molecular weight excluding hydrogens is 486 g/mol. The Balaban J connectivity index is 1.45. The fourth-order valence-electron chi connectivity index (χ4n) is 5.09. The van der Waals surface area contributed by atoms with Gasteiger partial charge in [0.25, 0.3) is 0 Å². The molecule has 1 amide bonds. The number of piperidine rings is 1. The van der Waals surface area contributed by atoms with Crippen molar-refractivity contribution in [2.75, 3.05) is 24.1 Å². The zero-order valence-corrected chi connectivity index (χ0v) is 21.8. The third kappa shape index (κ3) is 5.93. The van der Waals surface area contributed by atoms with E-state index >= 15 is 0 Å². The van der Waals surface area contributed by atoms with Gasteiger partial charge in [-0.25, -0.2) is 4.98 Å². The monoisotopic (exact) mass is 519 g/mol. The Kier molecular flexibility index (Phi) is 7.87. The van der Waals surface area contributed by atoms with Gasteiger partial charge >= 0.3 is 0 Å². The van der Waals surface area contributed by atoms with E-state index < -0.39 is 0 Å². The van der Waals surface area contributed by atoms with E-state index in [-0.39, 0.29) is 23.9 Å². The average molecular weight is 520 g/mol. The summed E-state index contributed by atoms with van der Waals surface area (Å²) in [7, 11) is 0. The van der Waals surface area contributed by atoms with Crippen molar-refractivity contribution in [3.63, 3.8) is 0 Å². The Morgan fingerprint density at radius 3 is 2.59 bits per heavy atom. The Labute approximate surface area is 229 Å². The molecule has 1 aliphatic heterocycles. The normalized spacial score (nSPS) is 18.7. The number of nitrogen functional groups attached to an aromatic ring is 1. The number of nitrogens with two attached hydrogens (primary N) is 1. The highest BCUT2D eigenvalue weighted by atomic mass is 16.5. The Bertz CT molecular complexity index is 1420. The minimum atomic E-state index is -0.108. The summed E-state index contributed by atoms with van der Waals surface area (Å²) in [5.74, 6) is 1.02. The SMILES string of the molecule is C=CC(=O)N1CCCC(Nc2c(-c3ccccc3)cnc(N)c2C(=N)C2=CCC(Oc3ccccc3)C=C2)C1. The van der Waals surface area contributed by atoms with Gasteiger partial charge in [-0.15, -0.1) is 0 Å². The number of pyridine rings is 1. The second kappa shape index (κ2) is 11.8. The lowest BCUT2D eigenvalue weighted by Crippen LogP contribution is -2.44. The van der Waals surface area contributed by atoms with Crippen LogP contribution in [0.3, 0.4) is 0 Å². The molecule has 0 bridgehead atoms. The molecule has 5 rings (SSSR count). The highest BCUT2D eigenvalue weighted by Gasteiger charge is 2.27. The van der Waals surface area contributed by atoms with Crippen molar-refractivity contribution in [3.05, 3.63) is 109 Å². The van der Waals surface area contributed by atoms with Crippen LogP contribution in [-0.2, 0) is 4.79 Å². The van der Waals surface area contributed by atoms with Gasteiger partial charge in [0.15, 0.2) is 0 Å². The van der Waals surface area contributed by atoms with Crippen molar-refractivity contribution < 1.29 is 9.53 Å². The molecule has 198 valence electrons. The van der Waals surface area contributed by atoms with Crippen LogP contribution in [0.15, 0.2) is 103 Å². The van der Waals surface area contributed by atoms with Gasteiger partial charge < -0.3 is 20.7 Å². The Morgan fingerprint density at radius 1 is 1.15 bits per heavy atom. The number of carbonyl (C=O) groups excluding carboxylic acids is 1. The number of benzene rings is 2. The van der Waals surface area contributed by atoms with E-state index in [1.807, 2.05) is 83.8 Å². The maximum Gasteiger partial charge on any atom is 0.246 e. The molecular formula is C32H33N5O2. The molecule has 7 heteroatoms. The van der Waals surface area contributed by atoms with Crippen molar-refractivity contribution in [2.45, 2.75) is 31.4 Å². The van der Waals surface area contributed by atoms with Crippen LogP contribution in [0.1, 0.15) is 24.8 Å². The minimum absolute atomic E-state index is 0.00186. The summed E-state index contributed by atoms with van der Waals surface area (Å²) in [6.45, 7) is 4.90. The zero-order valence-electron chi connectivity index (χ0n) is 21.8. The highest BCUT2D eigenvalue weighted by Crippen LogP contribution is 2.36. The molecule has 0 saturated carbocycles. The number of anilines is 2. The number of nitrogens with zero attached hydrogens (tertiary/aromatic N) is 2. The topological polar surface area (TPSA) is 104 Å². The predicted octanol–water partition coefficient (Wildman–Crippen LogP) is 5.62. The smallest absolute Gasteiger partial charge is 0.246 e. The number of nitrogens with one attached hydrogen (secondary N) is 2. The third-order valence-corrected chi connectivity index (χ3v) is 7.08. The molecule has 3 aromatic rings. The standard InChI is InChI=1S/C32H33N5O2/c1-2-28(38)37-19-9-12-24(21-37)36-31-27(22-10-5-3-6-11-22)20-35-32(34)29(31)30(33)23-15-17-26(18-16-23)39-25-13-7-4-8-14-25/h2-8,10-11,13-17,20,24,26,33H,1,9,12,18-19,21H2,(H3,34,35,36). The van der Waals surface area contributed by atoms with Gasteiger partial charge in [0.05, 0.1) is 17.0 Å². The summed E-state index contributed by atoms with van der Waals surface area (Å²) in [5, 5.41) is 12.9. The van der Waals surface area contributed by atoms with Crippen molar-refractivity contribution in [3.8, 4) is 16.9 Å². The van der Waals surface area contributed by atoms with E-state index in [1.165, 1.54) is 6.08 Å². The molecule has 2 heterocycles. The van der Waals surface area contributed by atoms with Crippen LogP contribution < -0.4 is 15.8 Å². The van der Waals surface area contributed by atoms with Gasteiger partial charge in [-0.1, -0.05) is 67.3 Å². The second-order valence-corrected chi connectivity index (χ2v) is 9.74. The lowest BCUT2D eigenvalue weighted by Gasteiger charge is -2.34. The van der Waals surface area contributed by atoms with Gasteiger partial charge in [-0.05, 0) is 48.3 Å². The molecule has 4 N–H and O–H groups in total. The summed E-state index contributed by atoms with van der Waals surface area (Å²) in [5.41, 5.74) is 10.7. The number of amides is 1. The summed E-state index contributed by atoms with van der Waals surface area (Å²) in [6, 6.07) is 19.7. The van der Waals surface area contributed by atoms with Gasteiger partial charge in [-0.2, -0.15) is 0 Å². The molecule has 0 radical (unpaired) electrons. The van der Waals surface area contributed by atoms with Crippen LogP contribution in [0.25, 0.3) is 11.1 Å².